The summed E-state index contributed by atoms with van der Waals surface area (Å²) in [5.41, 5.74) is 7.75. The van der Waals surface area contributed by atoms with Gasteiger partial charge in [0.2, 0.25) is 0 Å². The van der Waals surface area contributed by atoms with E-state index in [9.17, 15) is 4.79 Å². The Balaban J connectivity index is 2.62. The number of carbonyl (C=O) groups is 1. The Hall–Kier alpha value is -1.75. The molecule has 5 nitrogen and oxygen atoms in total. The maximum Gasteiger partial charge on any atom is 0.253 e. The van der Waals surface area contributed by atoms with Crippen LogP contribution in [0.2, 0.25) is 0 Å². The molecule has 0 fully saturated rings. The number of benzene rings is 1. The van der Waals surface area contributed by atoms with Crippen molar-refractivity contribution in [2.45, 2.75) is 26.7 Å². The number of hydrogen-bond donors (Lipinski definition) is 3. The summed E-state index contributed by atoms with van der Waals surface area (Å²) in [5.74, 6) is -0.0912. The van der Waals surface area contributed by atoms with Crippen LogP contribution in [0.4, 0.5) is 11.4 Å². The van der Waals surface area contributed by atoms with E-state index in [2.05, 4.69) is 10.6 Å². The fourth-order valence-electron chi connectivity index (χ4n) is 1.78. The Kier molecular flexibility index (Phi) is 7.50. The molecule has 0 aliphatic carbocycles. The average Bonchev–Trinajstić information content (AvgIpc) is 2.45. The van der Waals surface area contributed by atoms with Crippen LogP contribution in [0.3, 0.4) is 0 Å². The van der Waals surface area contributed by atoms with Crippen molar-refractivity contribution in [2.24, 2.45) is 0 Å². The molecule has 0 radical (unpaired) electrons. The number of carbonyl (C=O) groups excluding carboxylic acids is 1. The normalized spacial score (nSPS) is 10.3. The SMILES string of the molecule is CCCNC(=O)c1cc(N)ccc1NCCCOCC. The van der Waals surface area contributed by atoms with Crippen LogP contribution in [-0.2, 0) is 4.74 Å². The highest BCUT2D eigenvalue weighted by atomic mass is 16.5. The molecule has 20 heavy (non-hydrogen) atoms. The first-order valence-electron chi connectivity index (χ1n) is 7.18. The smallest absolute Gasteiger partial charge is 0.253 e. The number of ether oxygens (including phenoxy) is 1. The van der Waals surface area contributed by atoms with E-state index in [-0.39, 0.29) is 5.91 Å². The van der Waals surface area contributed by atoms with Gasteiger partial charge in [0, 0.05) is 37.7 Å². The highest BCUT2D eigenvalue weighted by Crippen LogP contribution is 2.19. The molecule has 1 amide bonds. The van der Waals surface area contributed by atoms with Crippen LogP contribution in [0.1, 0.15) is 37.0 Å². The zero-order valence-electron chi connectivity index (χ0n) is 12.4. The third-order valence-electron chi connectivity index (χ3n) is 2.81. The quantitative estimate of drug-likeness (QED) is 0.478. The molecule has 112 valence electrons. The molecule has 0 atom stereocenters. The minimum Gasteiger partial charge on any atom is -0.399 e. The molecule has 0 saturated heterocycles. The van der Waals surface area contributed by atoms with Crippen molar-refractivity contribution in [3.8, 4) is 0 Å². The largest absolute Gasteiger partial charge is 0.399 e. The molecule has 4 N–H and O–H groups in total. The first kappa shape index (κ1) is 16.3. The Labute approximate surface area is 120 Å². The number of amides is 1. The summed E-state index contributed by atoms with van der Waals surface area (Å²) in [6, 6.07) is 5.34. The van der Waals surface area contributed by atoms with Gasteiger partial charge in [-0.1, -0.05) is 6.92 Å². The molecule has 0 spiro atoms. The topological polar surface area (TPSA) is 76.4 Å². The molecule has 0 unspecified atom stereocenters. The zero-order valence-corrected chi connectivity index (χ0v) is 12.4. The van der Waals surface area contributed by atoms with Gasteiger partial charge in [0.15, 0.2) is 0 Å². The Bertz CT molecular complexity index is 422. The summed E-state index contributed by atoms with van der Waals surface area (Å²) in [4.78, 5) is 12.1. The molecule has 1 aromatic rings. The van der Waals surface area contributed by atoms with Crippen molar-refractivity contribution in [1.29, 1.82) is 0 Å². The van der Waals surface area contributed by atoms with Crippen LogP contribution in [0.15, 0.2) is 18.2 Å². The summed E-state index contributed by atoms with van der Waals surface area (Å²) in [6.07, 6.45) is 1.80. The second-order valence-electron chi connectivity index (χ2n) is 4.54. The van der Waals surface area contributed by atoms with E-state index in [0.29, 0.717) is 17.8 Å². The predicted octanol–water partition coefficient (Wildman–Crippen LogP) is 2.25. The lowest BCUT2D eigenvalue weighted by atomic mass is 10.1. The van der Waals surface area contributed by atoms with E-state index >= 15 is 0 Å². The van der Waals surface area contributed by atoms with Crippen molar-refractivity contribution in [1.82, 2.24) is 5.32 Å². The Morgan fingerprint density at radius 1 is 1.30 bits per heavy atom. The van der Waals surface area contributed by atoms with Crippen LogP contribution in [0, 0.1) is 0 Å². The van der Waals surface area contributed by atoms with E-state index in [1.54, 1.807) is 12.1 Å². The number of nitrogen functional groups attached to an aromatic ring is 1. The second-order valence-corrected chi connectivity index (χ2v) is 4.54. The van der Waals surface area contributed by atoms with Crippen molar-refractivity contribution in [3.05, 3.63) is 23.8 Å². The van der Waals surface area contributed by atoms with Gasteiger partial charge in [-0.05, 0) is 38.0 Å². The van der Waals surface area contributed by atoms with Gasteiger partial charge in [-0.25, -0.2) is 0 Å². The fourth-order valence-corrected chi connectivity index (χ4v) is 1.78. The summed E-state index contributed by atoms with van der Waals surface area (Å²) in [7, 11) is 0. The van der Waals surface area contributed by atoms with E-state index in [1.165, 1.54) is 0 Å². The van der Waals surface area contributed by atoms with E-state index < -0.39 is 0 Å². The van der Waals surface area contributed by atoms with Gasteiger partial charge in [-0.15, -0.1) is 0 Å². The van der Waals surface area contributed by atoms with Crippen LogP contribution in [-0.4, -0.2) is 32.2 Å². The van der Waals surface area contributed by atoms with Gasteiger partial charge in [-0.2, -0.15) is 0 Å². The van der Waals surface area contributed by atoms with Crippen molar-refractivity contribution in [2.75, 3.05) is 37.4 Å². The van der Waals surface area contributed by atoms with Gasteiger partial charge >= 0.3 is 0 Å². The van der Waals surface area contributed by atoms with Gasteiger partial charge in [0.25, 0.3) is 5.91 Å². The maximum atomic E-state index is 12.1. The molecule has 0 aromatic heterocycles. The standard InChI is InChI=1S/C15H25N3O2/c1-3-8-18-15(19)13-11-12(16)6-7-14(13)17-9-5-10-20-4-2/h6-7,11,17H,3-5,8-10,16H2,1-2H3,(H,18,19). The number of nitrogens with one attached hydrogen (secondary N) is 2. The van der Waals surface area contributed by atoms with Crippen molar-refractivity contribution >= 4 is 17.3 Å². The summed E-state index contributed by atoms with van der Waals surface area (Å²) in [5, 5.41) is 6.13. The summed E-state index contributed by atoms with van der Waals surface area (Å²) >= 11 is 0. The minimum absolute atomic E-state index is 0.0912. The number of hydrogen-bond acceptors (Lipinski definition) is 4. The fraction of sp³-hybridized carbons (Fsp3) is 0.533. The number of rotatable bonds is 9. The van der Waals surface area contributed by atoms with E-state index in [1.807, 2.05) is 19.9 Å². The number of anilines is 2. The van der Waals surface area contributed by atoms with E-state index in [4.69, 9.17) is 10.5 Å². The third-order valence-corrected chi connectivity index (χ3v) is 2.81. The summed E-state index contributed by atoms with van der Waals surface area (Å²) in [6.45, 7) is 6.87. The zero-order chi connectivity index (χ0) is 14.8. The summed E-state index contributed by atoms with van der Waals surface area (Å²) < 4.78 is 5.28. The first-order chi connectivity index (χ1) is 9.69. The van der Waals surface area contributed by atoms with Crippen LogP contribution >= 0.6 is 0 Å². The molecule has 0 bridgehead atoms. The molecule has 1 rings (SSSR count). The van der Waals surface area contributed by atoms with Crippen LogP contribution < -0.4 is 16.4 Å². The van der Waals surface area contributed by atoms with Crippen LogP contribution in [0.25, 0.3) is 0 Å². The molecule has 0 heterocycles. The molecular weight excluding hydrogens is 254 g/mol. The second kappa shape index (κ2) is 9.20. The van der Waals surface area contributed by atoms with Gasteiger partial charge in [-0.3, -0.25) is 4.79 Å². The third kappa shape index (κ3) is 5.48. The minimum atomic E-state index is -0.0912. The van der Waals surface area contributed by atoms with Gasteiger partial charge in [0.1, 0.15) is 0 Å². The first-order valence-corrected chi connectivity index (χ1v) is 7.18. The van der Waals surface area contributed by atoms with E-state index in [0.717, 1.165) is 38.3 Å². The lowest BCUT2D eigenvalue weighted by Crippen LogP contribution is -2.25. The van der Waals surface area contributed by atoms with Gasteiger partial charge in [0.05, 0.1) is 5.56 Å². The number of nitrogens with two attached hydrogens (primary N) is 1. The molecule has 0 aliphatic rings. The highest BCUT2D eigenvalue weighted by Gasteiger charge is 2.11. The Morgan fingerprint density at radius 2 is 2.10 bits per heavy atom. The monoisotopic (exact) mass is 279 g/mol. The van der Waals surface area contributed by atoms with Gasteiger partial charge < -0.3 is 21.1 Å². The molecular formula is C15H25N3O2. The molecule has 0 saturated carbocycles. The molecule has 5 heteroatoms. The lowest BCUT2D eigenvalue weighted by Gasteiger charge is -2.13. The lowest BCUT2D eigenvalue weighted by molar-refractivity contribution is 0.0954. The molecule has 0 aliphatic heterocycles. The average molecular weight is 279 g/mol. The molecule has 1 aromatic carbocycles. The van der Waals surface area contributed by atoms with Crippen molar-refractivity contribution < 1.29 is 9.53 Å². The highest BCUT2D eigenvalue weighted by molar-refractivity contribution is 6.00. The van der Waals surface area contributed by atoms with Crippen LogP contribution in [0.5, 0.6) is 0 Å². The predicted molar refractivity (Wildman–Crippen MR) is 83.1 cm³/mol. The van der Waals surface area contributed by atoms with Crippen molar-refractivity contribution in [3.63, 3.8) is 0 Å². The Morgan fingerprint density at radius 3 is 2.80 bits per heavy atom. The maximum absolute atomic E-state index is 12.1.